The number of nitrogens with one attached hydrogen (secondary N) is 1. The zero-order chi connectivity index (χ0) is 23.4. The number of amides is 1. The summed E-state index contributed by atoms with van der Waals surface area (Å²) < 4.78 is 5.91. The van der Waals surface area contributed by atoms with E-state index in [4.69, 9.17) is 16.2 Å². The molecule has 0 saturated carbocycles. The van der Waals surface area contributed by atoms with Gasteiger partial charge in [-0.2, -0.15) is 4.98 Å². The van der Waals surface area contributed by atoms with Crippen molar-refractivity contribution < 1.29 is 9.53 Å². The van der Waals surface area contributed by atoms with Crippen LogP contribution in [0.3, 0.4) is 0 Å². The standard InChI is InChI=1S/C22H27N9O2/c1-3-17-21(33-16-6-4-5-14(23)11-16)29-20(18(28-17)19(24)32)27-15-12-25-22(26-13-15)31-9-7-30(2)8-10-31/h4-6,11-13H,3,7-10,23H2,1-2H3,(H2,24,32)(H,27,29). The van der Waals surface area contributed by atoms with Gasteiger partial charge in [-0.25, -0.2) is 15.0 Å². The molecule has 172 valence electrons. The second-order valence-electron chi connectivity index (χ2n) is 7.75. The highest BCUT2D eigenvalue weighted by atomic mass is 16.5. The molecular formula is C22H27N9O2. The van der Waals surface area contributed by atoms with Crippen molar-refractivity contribution in [3.05, 3.63) is 48.0 Å². The number of aryl methyl sites for hydroxylation is 1. The number of piperazine rings is 1. The minimum atomic E-state index is -0.704. The average Bonchev–Trinajstić information content (AvgIpc) is 2.80. The zero-order valence-corrected chi connectivity index (χ0v) is 18.7. The van der Waals surface area contributed by atoms with Crippen LogP contribution in [0.1, 0.15) is 23.1 Å². The first-order valence-corrected chi connectivity index (χ1v) is 10.7. The van der Waals surface area contributed by atoms with Crippen molar-refractivity contribution in [3.8, 4) is 11.6 Å². The smallest absolute Gasteiger partial charge is 0.271 e. The van der Waals surface area contributed by atoms with Gasteiger partial charge in [0, 0.05) is 37.9 Å². The number of carbonyl (C=O) groups is 1. The van der Waals surface area contributed by atoms with E-state index in [9.17, 15) is 4.79 Å². The first-order valence-electron chi connectivity index (χ1n) is 10.7. The molecule has 1 aliphatic heterocycles. The van der Waals surface area contributed by atoms with Gasteiger partial charge in [0.05, 0.1) is 18.1 Å². The Labute approximate surface area is 191 Å². The van der Waals surface area contributed by atoms with E-state index < -0.39 is 5.91 Å². The molecule has 11 heteroatoms. The van der Waals surface area contributed by atoms with Crippen LogP contribution in [0.2, 0.25) is 0 Å². The molecule has 0 unspecified atom stereocenters. The summed E-state index contributed by atoms with van der Waals surface area (Å²) in [5.74, 6) is 0.879. The minimum absolute atomic E-state index is 0.00919. The number of rotatable bonds is 7. The molecule has 4 rings (SSSR count). The molecule has 1 fully saturated rings. The number of nitrogen functional groups attached to an aromatic ring is 1. The fraction of sp³-hybridized carbons (Fsp3) is 0.318. The van der Waals surface area contributed by atoms with E-state index in [1.165, 1.54) is 0 Å². The van der Waals surface area contributed by atoms with E-state index in [0.717, 1.165) is 26.2 Å². The second kappa shape index (κ2) is 9.65. The van der Waals surface area contributed by atoms with Crippen molar-refractivity contribution in [1.29, 1.82) is 0 Å². The van der Waals surface area contributed by atoms with Crippen molar-refractivity contribution in [3.63, 3.8) is 0 Å². The normalized spacial score (nSPS) is 14.2. The number of anilines is 4. The van der Waals surface area contributed by atoms with Gasteiger partial charge in [0.25, 0.3) is 5.91 Å². The van der Waals surface area contributed by atoms with E-state index in [1.54, 1.807) is 36.7 Å². The third-order valence-corrected chi connectivity index (χ3v) is 5.26. The van der Waals surface area contributed by atoms with Gasteiger partial charge in [0.2, 0.25) is 11.8 Å². The number of ether oxygens (including phenoxy) is 1. The summed E-state index contributed by atoms with van der Waals surface area (Å²) in [6.45, 7) is 5.54. The van der Waals surface area contributed by atoms with E-state index in [0.29, 0.717) is 35.2 Å². The first-order chi connectivity index (χ1) is 15.9. The fourth-order valence-corrected chi connectivity index (χ4v) is 3.41. The molecule has 3 heterocycles. The fourth-order valence-electron chi connectivity index (χ4n) is 3.41. The summed E-state index contributed by atoms with van der Waals surface area (Å²) in [4.78, 5) is 34.3. The molecule has 0 radical (unpaired) electrons. The number of hydrogen-bond donors (Lipinski definition) is 3. The molecule has 2 aromatic heterocycles. The Hall–Kier alpha value is -3.99. The topological polar surface area (TPSA) is 148 Å². The largest absolute Gasteiger partial charge is 0.437 e. The third-order valence-electron chi connectivity index (χ3n) is 5.26. The number of likely N-dealkylation sites (N-methyl/N-ethyl adjacent to an activating group) is 1. The maximum atomic E-state index is 12.1. The minimum Gasteiger partial charge on any atom is -0.437 e. The maximum Gasteiger partial charge on any atom is 0.271 e. The molecule has 0 aliphatic carbocycles. The van der Waals surface area contributed by atoms with Crippen LogP contribution in [0.5, 0.6) is 11.6 Å². The van der Waals surface area contributed by atoms with Gasteiger partial charge < -0.3 is 31.3 Å². The van der Waals surface area contributed by atoms with Gasteiger partial charge in [0.15, 0.2) is 11.5 Å². The van der Waals surface area contributed by atoms with Gasteiger partial charge in [-0.3, -0.25) is 4.79 Å². The third kappa shape index (κ3) is 5.26. The summed E-state index contributed by atoms with van der Waals surface area (Å²) in [5.41, 5.74) is 13.0. The summed E-state index contributed by atoms with van der Waals surface area (Å²) >= 11 is 0. The Kier molecular flexibility index (Phi) is 6.50. The highest BCUT2D eigenvalue weighted by Gasteiger charge is 2.20. The number of nitrogens with zero attached hydrogens (tertiary/aromatic N) is 6. The van der Waals surface area contributed by atoms with Crippen LogP contribution in [0, 0.1) is 0 Å². The lowest BCUT2D eigenvalue weighted by atomic mass is 10.3. The molecule has 1 amide bonds. The van der Waals surface area contributed by atoms with Crippen LogP contribution in [0.15, 0.2) is 36.7 Å². The molecule has 3 aromatic rings. The Morgan fingerprint density at radius 2 is 1.88 bits per heavy atom. The van der Waals surface area contributed by atoms with Crippen LogP contribution in [-0.4, -0.2) is 64.0 Å². The lowest BCUT2D eigenvalue weighted by Gasteiger charge is -2.32. The van der Waals surface area contributed by atoms with E-state index in [2.05, 4.69) is 42.1 Å². The Morgan fingerprint density at radius 1 is 1.15 bits per heavy atom. The molecule has 11 nitrogen and oxygen atoms in total. The number of benzene rings is 1. The summed E-state index contributed by atoms with van der Waals surface area (Å²) in [7, 11) is 2.09. The average molecular weight is 450 g/mol. The highest BCUT2D eigenvalue weighted by molar-refractivity contribution is 5.96. The summed E-state index contributed by atoms with van der Waals surface area (Å²) in [5, 5.41) is 3.05. The van der Waals surface area contributed by atoms with E-state index in [1.807, 2.05) is 6.92 Å². The predicted octanol–water partition coefficient (Wildman–Crippen LogP) is 1.80. The molecule has 0 spiro atoms. The van der Waals surface area contributed by atoms with Gasteiger partial charge >= 0.3 is 0 Å². The van der Waals surface area contributed by atoms with Crippen LogP contribution >= 0.6 is 0 Å². The van der Waals surface area contributed by atoms with Crippen molar-refractivity contribution in [2.75, 3.05) is 49.2 Å². The molecule has 0 bridgehead atoms. The van der Waals surface area contributed by atoms with Crippen LogP contribution < -0.4 is 26.4 Å². The van der Waals surface area contributed by atoms with E-state index >= 15 is 0 Å². The number of carbonyl (C=O) groups excluding carboxylic acids is 1. The van der Waals surface area contributed by atoms with Crippen LogP contribution in [0.4, 0.5) is 23.1 Å². The lowest BCUT2D eigenvalue weighted by molar-refractivity contribution is 0.0996. The number of aromatic nitrogens is 4. The number of nitrogens with two attached hydrogens (primary N) is 2. The van der Waals surface area contributed by atoms with Gasteiger partial charge in [-0.1, -0.05) is 13.0 Å². The second-order valence-corrected chi connectivity index (χ2v) is 7.75. The van der Waals surface area contributed by atoms with Crippen molar-refractivity contribution in [2.24, 2.45) is 5.73 Å². The quantitative estimate of drug-likeness (QED) is 0.456. The molecule has 1 aliphatic rings. The highest BCUT2D eigenvalue weighted by Crippen LogP contribution is 2.28. The summed E-state index contributed by atoms with van der Waals surface area (Å²) in [6, 6.07) is 6.98. The SMILES string of the molecule is CCc1nc(C(N)=O)c(Nc2cnc(N3CCN(C)CC3)nc2)nc1Oc1cccc(N)c1. The molecule has 5 N–H and O–H groups in total. The Bertz CT molecular complexity index is 1130. The zero-order valence-electron chi connectivity index (χ0n) is 18.7. The first kappa shape index (κ1) is 22.2. The Balaban J connectivity index is 1.59. The van der Waals surface area contributed by atoms with Crippen LogP contribution in [0.25, 0.3) is 0 Å². The van der Waals surface area contributed by atoms with Crippen molar-refractivity contribution >= 4 is 29.0 Å². The van der Waals surface area contributed by atoms with Gasteiger partial charge in [-0.05, 0) is 25.6 Å². The van der Waals surface area contributed by atoms with Crippen LogP contribution in [-0.2, 0) is 6.42 Å². The van der Waals surface area contributed by atoms with Crippen molar-refractivity contribution in [2.45, 2.75) is 13.3 Å². The Morgan fingerprint density at radius 3 is 2.52 bits per heavy atom. The van der Waals surface area contributed by atoms with Gasteiger partial charge in [0.1, 0.15) is 11.4 Å². The monoisotopic (exact) mass is 449 g/mol. The molecule has 1 saturated heterocycles. The predicted molar refractivity (Wildman–Crippen MR) is 126 cm³/mol. The lowest BCUT2D eigenvalue weighted by Crippen LogP contribution is -2.45. The van der Waals surface area contributed by atoms with Gasteiger partial charge in [-0.15, -0.1) is 0 Å². The number of primary amides is 1. The summed E-state index contributed by atoms with van der Waals surface area (Å²) in [6.07, 6.45) is 3.77. The number of hydrogen-bond acceptors (Lipinski definition) is 10. The molecule has 0 atom stereocenters. The maximum absolute atomic E-state index is 12.1. The molecular weight excluding hydrogens is 422 g/mol. The molecule has 1 aromatic carbocycles. The molecule has 33 heavy (non-hydrogen) atoms. The van der Waals surface area contributed by atoms with E-state index in [-0.39, 0.29) is 17.4 Å². The van der Waals surface area contributed by atoms with Crippen molar-refractivity contribution in [1.82, 2.24) is 24.8 Å².